The highest BCUT2D eigenvalue weighted by Crippen LogP contribution is 2.22. The van der Waals surface area contributed by atoms with E-state index in [1.165, 1.54) is 0 Å². The Morgan fingerprint density at radius 3 is 2.71 bits per heavy atom. The van der Waals surface area contributed by atoms with Crippen LogP contribution in [0.4, 0.5) is 0 Å². The van der Waals surface area contributed by atoms with E-state index in [9.17, 15) is 0 Å². The lowest BCUT2D eigenvalue weighted by molar-refractivity contribution is 1.08. The van der Waals surface area contributed by atoms with Crippen molar-refractivity contribution in [3.05, 3.63) is 33.6 Å². The van der Waals surface area contributed by atoms with Crippen LogP contribution < -0.4 is 0 Å². The fourth-order valence-electron chi connectivity index (χ4n) is 1.29. The standard InChI is InChI=1S/C9H8ClN3S/c1-5-4-6(10)2-3-7(5)8-11-9(14)13-12-8/h2-4H,1H3,(H2,11,12,13,14). The molecule has 1 aromatic heterocycles. The summed E-state index contributed by atoms with van der Waals surface area (Å²) in [7, 11) is 0. The topological polar surface area (TPSA) is 44.5 Å². The number of aromatic nitrogens is 3. The zero-order chi connectivity index (χ0) is 10.1. The van der Waals surface area contributed by atoms with Crippen molar-refractivity contribution >= 4 is 23.8 Å². The number of hydrogen-bond acceptors (Lipinski definition) is 2. The van der Waals surface area contributed by atoms with Gasteiger partial charge in [-0.05, 0) is 42.9 Å². The van der Waals surface area contributed by atoms with Crippen molar-refractivity contribution in [3.8, 4) is 11.4 Å². The van der Waals surface area contributed by atoms with Crippen LogP contribution in [-0.4, -0.2) is 15.2 Å². The van der Waals surface area contributed by atoms with E-state index in [2.05, 4.69) is 15.2 Å². The van der Waals surface area contributed by atoms with E-state index in [1.54, 1.807) is 0 Å². The predicted octanol–water partition coefficient (Wildman–Crippen LogP) is 3.10. The van der Waals surface area contributed by atoms with Crippen LogP contribution in [0.15, 0.2) is 18.2 Å². The lowest BCUT2D eigenvalue weighted by atomic mass is 10.1. The number of nitrogens with one attached hydrogen (secondary N) is 2. The molecule has 1 aromatic carbocycles. The van der Waals surface area contributed by atoms with Crippen molar-refractivity contribution in [2.45, 2.75) is 6.92 Å². The molecule has 0 amide bonds. The summed E-state index contributed by atoms with van der Waals surface area (Å²) < 4.78 is 0.453. The van der Waals surface area contributed by atoms with E-state index in [1.807, 2.05) is 25.1 Å². The zero-order valence-corrected chi connectivity index (χ0v) is 9.04. The normalized spacial score (nSPS) is 10.4. The van der Waals surface area contributed by atoms with E-state index in [4.69, 9.17) is 23.8 Å². The monoisotopic (exact) mass is 225 g/mol. The first-order valence-corrected chi connectivity index (χ1v) is 4.86. The van der Waals surface area contributed by atoms with Crippen LogP contribution in [-0.2, 0) is 0 Å². The van der Waals surface area contributed by atoms with Crippen LogP contribution in [0.1, 0.15) is 5.56 Å². The van der Waals surface area contributed by atoms with Crippen molar-refractivity contribution in [2.24, 2.45) is 0 Å². The average molecular weight is 226 g/mol. The van der Waals surface area contributed by atoms with E-state index in [0.717, 1.165) is 22.0 Å². The van der Waals surface area contributed by atoms with Crippen molar-refractivity contribution in [1.29, 1.82) is 0 Å². The second-order valence-corrected chi connectivity index (χ2v) is 3.80. The lowest BCUT2D eigenvalue weighted by Gasteiger charge is -2.01. The van der Waals surface area contributed by atoms with Gasteiger partial charge in [0.25, 0.3) is 0 Å². The molecule has 0 aliphatic carbocycles. The lowest BCUT2D eigenvalue weighted by Crippen LogP contribution is -1.85. The average Bonchev–Trinajstić information content (AvgIpc) is 2.51. The Balaban J connectivity index is 2.57. The number of benzene rings is 1. The Bertz CT molecular complexity index is 515. The molecule has 0 bridgehead atoms. The van der Waals surface area contributed by atoms with Crippen LogP contribution in [0.25, 0.3) is 11.4 Å². The Hall–Kier alpha value is -1.13. The number of halogens is 1. The van der Waals surface area contributed by atoms with E-state index in [-0.39, 0.29) is 0 Å². The SMILES string of the molecule is Cc1cc(Cl)ccc1-c1nc(=S)[nH][nH]1. The summed E-state index contributed by atoms with van der Waals surface area (Å²) in [6.07, 6.45) is 0. The third-order valence-electron chi connectivity index (χ3n) is 1.94. The highest BCUT2D eigenvalue weighted by Gasteiger charge is 2.04. The molecule has 0 unspecified atom stereocenters. The summed E-state index contributed by atoms with van der Waals surface area (Å²) in [6.45, 7) is 1.98. The van der Waals surface area contributed by atoms with Gasteiger partial charge in [-0.15, -0.1) is 0 Å². The maximum absolute atomic E-state index is 5.85. The van der Waals surface area contributed by atoms with Crippen LogP contribution in [0, 0.1) is 11.7 Å². The Kier molecular flexibility index (Phi) is 2.39. The van der Waals surface area contributed by atoms with Gasteiger partial charge >= 0.3 is 0 Å². The Morgan fingerprint density at radius 1 is 1.36 bits per heavy atom. The minimum atomic E-state index is 0.453. The summed E-state index contributed by atoms with van der Waals surface area (Å²) in [5, 5.41) is 6.38. The van der Waals surface area contributed by atoms with Gasteiger partial charge in [0.05, 0.1) is 0 Å². The summed E-state index contributed by atoms with van der Waals surface area (Å²) >= 11 is 10.7. The summed E-state index contributed by atoms with van der Waals surface area (Å²) in [6, 6.07) is 5.64. The number of aryl methyl sites for hydroxylation is 1. The predicted molar refractivity (Wildman–Crippen MR) is 59.0 cm³/mol. The smallest absolute Gasteiger partial charge is 0.213 e. The minimum absolute atomic E-state index is 0.453. The molecular weight excluding hydrogens is 218 g/mol. The van der Waals surface area contributed by atoms with Gasteiger partial charge in [0.2, 0.25) is 4.77 Å². The molecule has 0 spiro atoms. The van der Waals surface area contributed by atoms with Crippen molar-refractivity contribution < 1.29 is 0 Å². The molecule has 0 radical (unpaired) electrons. The molecule has 0 saturated heterocycles. The van der Waals surface area contributed by atoms with Crippen LogP contribution >= 0.6 is 23.8 Å². The first kappa shape index (κ1) is 9.43. The molecule has 1 heterocycles. The van der Waals surface area contributed by atoms with Crippen LogP contribution in [0.5, 0.6) is 0 Å². The summed E-state index contributed by atoms with van der Waals surface area (Å²) in [5.74, 6) is 0.740. The fraction of sp³-hybridized carbons (Fsp3) is 0.111. The quantitative estimate of drug-likeness (QED) is 0.733. The molecule has 0 fully saturated rings. The van der Waals surface area contributed by atoms with Gasteiger partial charge in [-0.25, -0.2) is 0 Å². The molecule has 0 atom stereocenters. The molecular formula is C9H8ClN3S. The fourth-order valence-corrected chi connectivity index (χ4v) is 1.66. The van der Waals surface area contributed by atoms with Gasteiger partial charge in [-0.3, -0.25) is 10.2 Å². The molecule has 0 aliphatic heterocycles. The second-order valence-electron chi connectivity index (χ2n) is 2.97. The molecule has 2 aromatic rings. The highest BCUT2D eigenvalue weighted by atomic mass is 35.5. The van der Waals surface area contributed by atoms with Gasteiger partial charge < -0.3 is 0 Å². The number of hydrogen-bond donors (Lipinski definition) is 2. The third kappa shape index (κ3) is 1.71. The van der Waals surface area contributed by atoms with Crippen LogP contribution in [0.3, 0.4) is 0 Å². The minimum Gasteiger partial charge on any atom is -0.282 e. The number of nitrogens with zero attached hydrogens (tertiary/aromatic N) is 1. The van der Waals surface area contributed by atoms with E-state index < -0.39 is 0 Å². The van der Waals surface area contributed by atoms with Crippen molar-refractivity contribution in [1.82, 2.24) is 15.2 Å². The summed E-state index contributed by atoms with van der Waals surface area (Å²) in [4.78, 5) is 4.13. The van der Waals surface area contributed by atoms with Crippen molar-refractivity contribution in [3.63, 3.8) is 0 Å². The zero-order valence-electron chi connectivity index (χ0n) is 7.47. The molecule has 0 saturated carbocycles. The molecule has 5 heteroatoms. The second kappa shape index (κ2) is 3.55. The van der Waals surface area contributed by atoms with Gasteiger partial charge in [-0.1, -0.05) is 11.6 Å². The van der Waals surface area contributed by atoms with E-state index in [0.29, 0.717) is 4.77 Å². The molecule has 2 rings (SSSR count). The highest BCUT2D eigenvalue weighted by molar-refractivity contribution is 7.71. The molecule has 3 nitrogen and oxygen atoms in total. The largest absolute Gasteiger partial charge is 0.282 e. The number of aromatic amines is 2. The summed E-state index contributed by atoms with van der Waals surface area (Å²) in [5.41, 5.74) is 2.07. The number of H-pyrrole nitrogens is 2. The van der Waals surface area contributed by atoms with Gasteiger partial charge in [0.1, 0.15) is 0 Å². The van der Waals surface area contributed by atoms with Gasteiger partial charge in [-0.2, -0.15) is 4.98 Å². The maximum Gasteiger partial charge on any atom is 0.213 e. The van der Waals surface area contributed by atoms with Gasteiger partial charge in [0.15, 0.2) is 5.82 Å². The molecule has 2 N–H and O–H groups in total. The van der Waals surface area contributed by atoms with Crippen LogP contribution in [0.2, 0.25) is 5.02 Å². The molecule has 72 valence electrons. The first-order chi connectivity index (χ1) is 6.66. The van der Waals surface area contributed by atoms with Crippen molar-refractivity contribution in [2.75, 3.05) is 0 Å². The Labute approximate surface area is 91.1 Å². The maximum atomic E-state index is 5.85. The molecule has 14 heavy (non-hydrogen) atoms. The Morgan fingerprint density at radius 2 is 2.14 bits per heavy atom. The van der Waals surface area contributed by atoms with E-state index >= 15 is 0 Å². The molecule has 0 aliphatic rings. The first-order valence-electron chi connectivity index (χ1n) is 4.08. The number of rotatable bonds is 1. The third-order valence-corrected chi connectivity index (χ3v) is 2.37. The van der Waals surface area contributed by atoms with Gasteiger partial charge in [0, 0.05) is 10.6 Å².